The average Bonchev–Trinajstić information content (AvgIpc) is 2.86. The van der Waals surface area contributed by atoms with E-state index in [0.29, 0.717) is 11.4 Å². The summed E-state index contributed by atoms with van der Waals surface area (Å²) in [5.74, 6) is -0.156. The van der Waals surface area contributed by atoms with E-state index in [0.717, 1.165) is 26.2 Å². The van der Waals surface area contributed by atoms with E-state index in [9.17, 15) is 13.2 Å². The summed E-state index contributed by atoms with van der Waals surface area (Å²) in [6, 6.07) is 21.7. The number of sulfonamides is 1. The Morgan fingerprint density at radius 2 is 1.60 bits per heavy atom. The fraction of sp³-hybridized carbons (Fsp3) is 0.296. The van der Waals surface area contributed by atoms with Crippen LogP contribution in [0.2, 0.25) is 0 Å². The molecule has 3 aromatic carbocycles. The number of benzene rings is 3. The molecule has 0 spiro atoms. The number of piperazine rings is 1. The first-order chi connectivity index (χ1) is 16.8. The molecular weight excluding hydrogens is 460 g/mol. The first-order valence-corrected chi connectivity index (χ1v) is 13.2. The largest absolute Gasteiger partial charge is 0.369 e. The van der Waals surface area contributed by atoms with Gasteiger partial charge in [0.05, 0.1) is 17.1 Å². The van der Waals surface area contributed by atoms with E-state index in [-0.39, 0.29) is 17.3 Å². The Hall–Kier alpha value is -3.36. The highest BCUT2D eigenvalue weighted by molar-refractivity contribution is 7.92. The second-order valence-corrected chi connectivity index (χ2v) is 10.8. The molecule has 1 N–H and O–H groups in total. The van der Waals surface area contributed by atoms with Crippen molar-refractivity contribution in [1.82, 2.24) is 4.90 Å². The number of nitrogens with one attached hydrogen (secondary N) is 1. The van der Waals surface area contributed by atoms with Crippen LogP contribution in [0.4, 0.5) is 17.1 Å². The summed E-state index contributed by atoms with van der Waals surface area (Å²) in [7, 11) is -2.23. The third kappa shape index (κ3) is 5.66. The summed E-state index contributed by atoms with van der Waals surface area (Å²) in [5.41, 5.74) is 4.87. The number of hydrogen-bond acceptors (Lipinski definition) is 5. The third-order valence-corrected chi connectivity index (χ3v) is 8.33. The van der Waals surface area contributed by atoms with Crippen molar-refractivity contribution in [2.75, 3.05) is 54.3 Å². The van der Waals surface area contributed by atoms with Crippen molar-refractivity contribution in [3.05, 3.63) is 83.9 Å². The number of aryl methyl sites for hydroxylation is 1. The van der Waals surface area contributed by atoms with Crippen LogP contribution >= 0.6 is 0 Å². The van der Waals surface area contributed by atoms with Crippen molar-refractivity contribution >= 4 is 33.0 Å². The van der Waals surface area contributed by atoms with Gasteiger partial charge in [-0.15, -0.1) is 0 Å². The second-order valence-electron chi connectivity index (χ2n) is 8.87. The molecule has 7 nitrogen and oxygen atoms in total. The first-order valence-electron chi connectivity index (χ1n) is 11.7. The Kier molecular flexibility index (Phi) is 7.42. The van der Waals surface area contributed by atoms with Crippen molar-refractivity contribution in [3.8, 4) is 0 Å². The van der Waals surface area contributed by atoms with Crippen LogP contribution in [0.1, 0.15) is 11.1 Å². The fourth-order valence-corrected chi connectivity index (χ4v) is 5.54. The molecule has 35 heavy (non-hydrogen) atoms. The number of nitrogens with zero attached hydrogens (tertiary/aromatic N) is 3. The molecule has 0 radical (unpaired) electrons. The zero-order chi connectivity index (χ0) is 25.0. The van der Waals surface area contributed by atoms with Crippen LogP contribution in [0.15, 0.2) is 77.7 Å². The van der Waals surface area contributed by atoms with Crippen molar-refractivity contribution in [1.29, 1.82) is 0 Å². The van der Waals surface area contributed by atoms with E-state index in [2.05, 4.69) is 47.2 Å². The number of para-hydroxylation sites is 1. The summed E-state index contributed by atoms with van der Waals surface area (Å²) >= 11 is 0. The average molecular weight is 493 g/mol. The van der Waals surface area contributed by atoms with Crippen LogP contribution < -0.4 is 14.5 Å². The minimum atomic E-state index is -3.75. The molecule has 1 aliphatic heterocycles. The smallest absolute Gasteiger partial charge is 0.264 e. The monoisotopic (exact) mass is 492 g/mol. The Labute approximate surface area is 208 Å². The van der Waals surface area contributed by atoms with Crippen molar-refractivity contribution in [3.63, 3.8) is 0 Å². The van der Waals surface area contributed by atoms with Gasteiger partial charge in [0.1, 0.15) is 0 Å². The summed E-state index contributed by atoms with van der Waals surface area (Å²) in [5, 5.41) is 2.86. The molecule has 3 aromatic rings. The van der Waals surface area contributed by atoms with Crippen LogP contribution in [0.25, 0.3) is 0 Å². The van der Waals surface area contributed by atoms with Crippen LogP contribution in [-0.2, 0) is 14.8 Å². The van der Waals surface area contributed by atoms with Crippen LogP contribution in [0.3, 0.4) is 0 Å². The van der Waals surface area contributed by atoms with Gasteiger partial charge >= 0.3 is 0 Å². The zero-order valence-corrected chi connectivity index (χ0v) is 21.3. The Morgan fingerprint density at radius 3 is 2.31 bits per heavy atom. The van der Waals surface area contributed by atoms with Crippen LogP contribution in [0, 0.1) is 13.8 Å². The summed E-state index contributed by atoms with van der Waals surface area (Å²) < 4.78 is 27.4. The van der Waals surface area contributed by atoms with Gasteiger partial charge in [0.2, 0.25) is 5.91 Å². The molecule has 1 saturated heterocycles. The van der Waals surface area contributed by atoms with E-state index in [1.165, 1.54) is 40.3 Å². The number of amides is 1. The molecule has 0 unspecified atom stereocenters. The molecule has 4 rings (SSSR count). The maximum Gasteiger partial charge on any atom is 0.264 e. The standard InChI is InChI=1S/C27H32N4O3S/c1-21-9-7-14-26(22(21)2)31-17-15-30(16-18-31)20-27(32)28-23-10-8-13-25(19-23)35(33,34)29(3)24-11-5-4-6-12-24/h4-14,19H,15-18,20H2,1-3H3,(H,28,32). The lowest BCUT2D eigenvalue weighted by molar-refractivity contribution is -0.117. The predicted octanol–water partition coefficient (Wildman–Crippen LogP) is 3.89. The lowest BCUT2D eigenvalue weighted by atomic mass is 10.1. The SMILES string of the molecule is Cc1cccc(N2CCN(CC(=O)Nc3cccc(S(=O)(=O)N(C)c4ccccc4)c3)CC2)c1C. The summed E-state index contributed by atoms with van der Waals surface area (Å²) in [6.45, 7) is 7.83. The van der Waals surface area contributed by atoms with Gasteiger partial charge in [0.25, 0.3) is 10.0 Å². The summed E-state index contributed by atoms with van der Waals surface area (Å²) in [6.07, 6.45) is 0. The normalized spacial score (nSPS) is 14.5. The van der Waals surface area contributed by atoms with Crippen molar-refractivity contribution < 1.29 is 13.2 Å². The quantitative estimate of drug-likeness (QED) is 0.542. The van der Waals surface area contributed by atoms with E-state index in [4.69, 9.17) is 0 Å². The van der Waals surface area contributed by atoms with Crippen molar-refractivity contribution in [2.24, 2.45) is 0 Å². The molecular formula is C27H32N4O3S. The van der Waals surface area contributed by atoms with Gasteiger partial charge in [-0.25, -0.2) is 8.42 Å². The maximum atomic E-state index is 13.1. The van der Waals surface area contributed by atoms with Gasteiger partial charge < -0.3 is 10.2 Å². The highest BCUT2D eigenvalue weighted by Crippen LogP contribution is 2.25. The number of anilines is 3. The molecule has 0 aliphatic carbocycles. The lowest BCUT2D eigenvalue weighted by Gasteiger charge is -2.36. The molecule has 0 aromatic heterocycles. The molecule has 1 fully saturated rings. The Balaban J connectivity index is 1.35. The minimum absolute atomic E-state index is 0.129. The summed E-state index contributed by atoms with van der Waals surface area (Å²) in [4.78, 5) is 17.3. The van der Waals surface area contributed by atoms with Gasteiger partial charge in [0, 0.05) is 44.6 Å². The molecule has 0 saturated carbocycles. The predicted molar refractivity (Wildman–Crippen MR) is 142 cm³/mol. The molecule has 0 bridgehead atoms. The zero-order valence-electron chi connectivity index (χ0n) is 20.4. The molecule has 1 amide bonds. The number of rotatable bonds is 7. The van der Waals surface area contributed by atoms with Crippen LogP contribution in [0.5, 0.6) is 0 Å². The number of hydrogen-bond donors (Lipinski definition) is 1. The third-order valence-electron chi connectivity index (χ3n) is 6.55. The lowest BCUT2D eigenvalue weighted by Crippen LogP contribution is -2.48. The van der Waals surface area contributed by atoms with E-state index in [1.807, 2.05) is 6.07 Å². The molecule has 1 aliphatic rings. The second kappa shape index (κ2) is 10.5. The van der Waals surface area contributed by atoms with Crippen LogP contribution in [-0.4, -0.2) is 59.0 Å². The van der Waals surface area contributed by atoms with E-state index in [1.54, 1.807) is 36.4 Å². The number of carbonyl (C=O) groups is 1. The maximum absolute atomic E-state index is 13.1. The highest BCUT2D eigenvalue weighted by Gasteiger charge is 2.23. The number of carbonyl (C=O) groups excluding carboxylic acids is 1. The van der Waals surface area contributed by atoms with Gasteiger partial charge in [-0.2, -0.15) is 0 Å². The first kappa shape index (κ1) is 24.8. The van der Waals surface area contributed by atoms with E-state index < -0.39 is 10.0 Å². The minimum Gasteiger partial charge on any atom is -0.369 e. The van der Waals surface area contributed by atoms with Gasteiger partial charge in [-0.05, 0) is 61.4 Å². The van der Waals surface area contributed by atoms with Gasteiger partial charge in [-0.1, -0.05) is 36.4 Å². The Morgan fingerprint density at radius 1 is 0.914 bits per heavy atom. The molecule has 0 atom stereocenters. The Bertz CT molecular complexity index is 1290. The van der Waals surface area contributed by atoms with Gasteiger partial charge in [0.15, 0.2) is 0 Å². The highest BCUT2D eigenvalue weighted by atomic mass is 32.2. The fourth-order valence-electron chi connectivity index (χ4n) is 4.30. The molecule has 1 heterocycles. The van der Waals surface area contributed by atoms with Gasteiger partial charge in [-0.3, -0.25) is 14.0 Å². The van der Waals surface area contributed by atoms with Crippen molar-refractivity contribution in [2.45, 2.75) is 18.7 Å². The molecule has 184 valence electrons. The van der Waals surface area contributed by atoms with E-state index >= 15 is 0 Å². The topological polar surface area (TPSA) is 73.0 Å². The molecule has 8 heteroatoms.